The molecule has 2 heterocycles. The lowest BCUT2D eigenvalue weighted by Crippen LogP contribution is -2.41. The quantitative estimate of drug-likeness (QED) is 0.276. The summed E-state index contributed by atoms with van der Waals surface area (Å²) in [5.41, 5.74) is 2.85. The van der Waals surface area contributed by atoms with E-state index in [1.165, 1.54) is 11.1 Å². The molecule has 0 spiro atoms. The van der Waals surface area contributed by atoms with Crippen LogP contribution in [0.2, 0.25) is 0 Å². The third-order valence-corrected chi connectivity index (χ3v) is 6.14. The van der Waals surface area contributed by atoms with Crippen molar-refractivity contribution in [3.05, 3.63) is 35.4 Å². The van der Waals surface area contributed by atoms with Crippen LogP contribution in [0.4, 0.5) is 0 Å². The molecule has 38 heavy (non-hydrogen) atoms. The average molecular weight is 932 g/mol. The zero-order valence-electron chi connectivity index (χ0n) is 22.4. The maximum absolute atomic E-state index is 3.57. The van der Waals surface area contributed by atoms with Gasteiger partial charge in [0, 0.05) is 118 Å². The van der Waals surface area contributed by atoms with Crippen molar-refractivity contribution >= 4 is 102 Å². The summed E-state index contributed by atoms with van der Waals surface area (Å²) in [5, 5.41) is 21.2. The lowest BCUT2D eigenvalue weighted by molar-refractivity contribution is 0.259. The first-order chi connectivity index (χ1) is 15.9. The van der Waals surface area contributed by atoms with Crippen LogP contribution in [0.5, 0.6) is 0 Å². The van der Waals surface area contributed by atoms with Gasteiger partial charge >= 0.3 is 0 Å². The van der Waals surface area contributed by atoms with Gasteiger partial charge < -0.3 is 31.9 Å². The van der Waals surface area contributed by atoms with Crippen molar-refractivity contribution in [2.24, 2.45) is 0 Å². The Morgan fingerprint density at radius 2 is 0.684 bits per heavy atom. The molecule has 2 aliphatic heterocycles. The van der Waals surface area contributed by atoms with Crippen molar-refractivity contribution in [2.75, 3.05) is 105 Å². The fourth-order valence-electron chi connectivity index (χ4n) is 4.29. The van der Waals surface area contributed by atoms with Crippen molar-refractivity contribution in [1.29, 1.82) is 0 Å². The molecule has 0 bridgehead atoms. The summed E-state index contributed by atoms with van der Waals surface area (Å²) >= 11 is 0. The highest BCUT2D eigenvalue weighted by atomic mass is 79.9. The largest absolute Gasteiger partial charge is 0.314 e. The SMILES string of the molecule is Br.Br.Br.Br.Br.Br.c1cc(CN2CCNCCNCCNCC2)cc(CN2CCNCCNCCNCC2)c1. The summed E-state index contributed by atoms with van der Waals surface area (Å²) in [6.45, 7) is 18.9. The van der Waals surface area contributed by atoms with Gasteiger partial charge in [0.1, 0.15) is 0 Å². The van der Waals surface area contributed by atoms with Crippen LogP contribution in [-0.2, 0) is 13.1 Å². The van der Waals surface area contributed by atoms with Crippen molar-refractivity contribution in [3.8, 4) is 0 Å². The maximum atomic E-state index is 3.57. The van der Waals surface area contributed by atoms with E-state index in [1.807, 2.05) is 0 Å². The van der Waals surface area contributed by atoms with E-state index < -0.39 is 0 Å². The third-order valence-electron chi connectivity index (χ3n) is 6.14. The summed E-state index contributed by atoms with van der Waals surface area (Å²) in [6, 6.07) is 9.23. The second-order valence-corrected chi connectivity index (χ2v) is 8.87. The highest BCUT2D eigenvalue weighted by Gasteiger charge is 2.10. The predicted octanol–water partition coefficient (Wildman–Crippen LogP) is 2.32. The lowest BCUT2D eigenvalue weighted by Gasteiger charge is -2.25. The van der Waals surface area contributed by atoms with E-state index in [1.54, 1.807) is 0 Å². The molecule has 0 saturated carbocycles. The molecule has 3 rings (SSSR count). The lowest BCUT2D eigenvalue weighted by atomic mass is 10.1. The van der Waals surface area contributed by atoms with Gasteiger partial charge in [-0.05, 0) is 11.1 Å². The van der Waals surface area contributed by atoms with E-state index in [4.69, 9.17) is 0 Å². The highest BCUT2D eigenvalue weighted by molar-refractivity contribution is 8.93. The summed E-state index contributed by atoms with van der Waals surface area (Å²) in [5.74, 6) is 0. The van der Waals surface area contributed by atoms with E-state index in [0.29, 0.717) is 0 Å². The summed E-state index contributed by atoms with van der Waals surface area (Å²) < 4.78 is 0. The first-order valence-corrected chi connectivity index (χ1v) is 12.7. The van der Waals surface area contributed by atoms with Crippen LogP contribution in [0.25, 0.3) is 0 Å². The van der Waals surface area contributed by atoms with Crippen molar-refractivity contribution in [3.63, 3.8) is 0 Å². The number of nitrogens with zero attached hydrogens (tertiary/aromatic N) is 2. The van der Waals surface area contributed by atoms with Gasteiger partial charge in [-0.2, -0.15) is 0 Å². The van der Waals surface area contributed by atoms with Crippen molar-refractivity contribution in [2.45, 2.75) is 13.1 Å². The Morgan fingerprint density at radius 1 is 0.421 bits per heavy atom. The Balaban J connectivity index is -0.000000963. The minimum atomic E-state index is 0. The normalized spacial score (nSPS) is 19.2. The molecule has 1 aromatic carbocycles. The molecule has 0 unspecified atom stereocenters. The van der Waals surface area contributed by atoms with E-state index >= 15 is 0 Å². The number of rotatable bonds is 4. The summed E-state index contributed by atoms with van der Waals surface area (Å²) in [4.78, 5) is 5.15. The number of benzene rings is 1. The van der Waals surface area contributed by atoms with Gasteiger partial charge in [-0.1, -0.05) is 24.3 Å². The molecule has 6 N–H and O–H groups in total. The minimum Gasteiger partial charge on any atom is -0.314 e. The molecule has 0 atom stereocenters. The molecule has 0 aliphatic carbocycles. The van der Waals surface area contributed by atoms with Crippen LogP contribution >= 0.6 is 102 Å². The second-order valence-electron chi connectivity index (χ2n) is 8.87. The number of hydrogen-bond acceptors (Lipinski definition) is 8. The number of halogens is 6. The van der Waals surface area contributed by atoms with Crippen LogP contribution in [-0.4, -0.2) is 115 Å². The molecular weight excluding hydrogens is 880 g/mol. The van der Waals surface area contributed by atoms with Crippen LogP contribution in [0.3, 0.4) is 0 Å². The maximum Gasteiger partial charge on any atom is 0.0234 e. The summed E-state index contributed by atoms with van der Waals surface area (Å²) in [7, 11) is 0. The average Bonchev–Trinajstić information content (AvgIpc) is 2.78. The molecule has 8 nitrogen and oxygen atoms in total. The number of nitrogens with one attached hydrogen (secondary N) is 6. The van der Waals surface area contributed by atoms with Crippen LogP contribution in [0.1, 0.15) is 11.1 Å². The molecule has 1 aromatic rings. The predicted molar refractivity (Wildman–Crippen MR) is 196 cm³/mol. The Kier molecular flexibility index (Phi) is 39.0. The first kappa shape index (κ1) is 46.7. The van der Waals surface area contributed by atoms with Gasteiger partial charge in [0.25, 0.3) is 0 Å². The molecule has 2 saturated heterocycles. The second kappa shape index (κ2) is 31.7. The number of hydrogen-bond donors (Lipinski definition) is 6. The van der Waals surface area contributed by atoms with Gasteiger partial charge in [0.05, 0.1) is 0 Å². The van der Waals surface area contributed by atoms with E-state index in [-0.39, 0.29) is 102 Å². The topological polar surface area (TPSA) is 78.7 Å². The van der Waals surface area contributed by atoms with Gasteiger partial charge in [-0.15, -0.1) is 102 Å². The fourth-order valence-corrected chi connectivity index (χ4v) is 4.29. The molecule has 2 fully saturated rings. The molecule has 0 aromatic heterocycles. The van der Waals surface area contributed by atoms with Crippen molar-refractivity contribution in [1.82, 2.24) is 41.7 Å². The standard InChI is InChI=1S/C24H46N8.6BrH/c1-2-23(21-31-16-12-27-8-4-25-5-9-28-13-17-31)20-24(3-1)22-32-18-14-29-10-6-26-7-11-30-15-19-32;;;;;;/h1-3,20,25-30H,4-19,21-22H2;6*1H. The fraction of sp³-hybridized carbons (Fsp3) is 0.750. The molecule has 230 valence electrons. The van der Waals surface area contributed by atoms with Gasteiger partial charge in [-0.3, -0.25) is 9.80 Å². The zero-order valence-corrected chi connectivity index (χ0v) is 32.7. The molecule has 0 radical (unpaired) electrons. The van der Waals surface area contributed by atoms with E-state index in [0.717, 1.165) is 118 Å². The smallest absolute Gasteiger partial charge is 0.0234 e. The Morgan fingerprint density at radius 3 is 0.974 bits per heavy atom. The van der Waals surface area contributed by atoms with Crippen LogP contribution in [0.15, 0.2) is 24.3 Å². The van der Waals surface area contributed by atoms with Gasteiger partial charge in [0.2, 0.25) is 0 Å². The summed E-state index contributed by atoms with van der Waals surface area (Å²) in [6.07, 6.45) is 0. The molecule has 2 aliphatic rings. The molecular formula is C24H52Br6N8. The monoisotopic (exact) mass is 926 g/mol. The van der Waals surface area contributed by atoms with Gasteiger partial charge in [-0.25, -0.2) is 0 Å². The van der Waals surface area contributed by atoms with Gasteiger partial charge in [0.15, 0.2) is 0 Å². The van der Waals surface area contributed by atoms with E-state index in [2.05, 4.69) is 66.0 Å². The first-order valence-electron chi connectivity index (χ1n) is 12.7. The Hall–Kier alpha value is 1.78. The molecule has 14 heteroatoms. The van der Waals surface area contributed by atoms with Crippen molar-refractivity contribution < 1.29 is 0 Å². The molecule has 0 amide bonds. The Labute approximate surface area is 294 Å². The van der Waals surface area contributed by atoms with E-state index in [9.17, 15) is 0 Å². The van der Waals surface area contributed by atoms with Crippen LogP contribution < -0.4 is 31.9 Å². The minimum absolute atomic E-state index is 0. The highest BCUT2D eigenvalue weighted by Crippen LogP contribution is 2.11. The third kappa shape index (κ3) is 22.4. The zero-order chi connectivity index (χ0) is 22.1. The Bertz CT molecular complexity index is 552. The van der Waals surface area contributed by atoms with Crippen LogP contribution in [0, 0.1) is 0 Å².